The Morgan fingerprint density at radius 1 is 0.596 bits per heavy atom. The molecule has 0 radical (unpaired) electrons. The number of anilines is 2. The number of sulfonamides is 2. The number of nitrogens with zero attached hydrogens (tertiary/aromatic N) is 4. The third kappa shape index (κ3) is 24.4. The van der Waals surface area contributed by atoms with Crippen LogP contribution in [0.2, 0.25) is 0 Å². The molecule has 0 aliphatic carbocycles. The molecule has 0 spiro atoms. The summed E-state index contributed by atoms with van der Waals surface area (Å²) in [6.45, 7) is 12.2. The van der Waals surface area contributed by atoms with Crippen molar-refractivity contribution in [2.24, 2.45) is 11.1 Å². The molecule has 0 saturated carbocycles. The molecule has 0 fully saturated rings. The monoisotopic (exact) mass is 1350 g/mol. The van der Waals surface area contributed by atoms with Crippen LogP contribution in [-0.2, 0) is 55.6 Å². The number of methoxy groups -OCH3 is 2. The van der Waals surface area contributed by atoms with Gasteiger partial charge in [0, 0.05) is 68.1 Å². The third-order valence-corrected chi connectivity index (χ3v) is 16.6. The molecular formula is C67H83F4N7O14S2. The van der Waals surface area contributed by atoms with Crippen LogP contribution < -0.4 is 34.0 Å². The second-order valence-corrected chi connectivity index (χ2v) is 27.9. The van der Waals surface area contributed by atoms with Crippen LogP contribution >= 0.6 is 0 Å². The average Bonchev–Trinajstić information content (AvgIpc) is 0.856. The van der Waals surface area contributed by atoms with E-state index in [1.807, 2.05) is 38.1 Å². The summed E-state index contributed by atoms with van der Waals surface area (Å²) in [4.78, 5) is 59.6. The van der Waals surface area contributed by atoms with Gasteiger partial charge in [-0.05, 0) is 161 Å². The van der Waals surface area contributed by atoms with E-state index in [2.05, 4.69) is 21.1 Å². The van der Waals surface area contributed by atoms with Crippen molar-refractivity contribution in [3.63, 3.8) is 0 Å². The van der Waals surface area contributed by atoms with Gasteiger partial charge in [-0.25, -0.2) is 39.2 Å². The lowest BCUT2D eigenvalue weighted by molar-refractivity contribution is 0.00834. The fraction of sp³-hybridized carbons (Fsp3) is 0.388. The Hall–Kier alpha value is -8.63. The van der Waals surface area contributed by atoms with Gasteiger partial charge in [0.25, 0.3) is 11.8 Å². The molecule has 5 N–H and O–H groups in total. The highest BCUT2D eigenvalue weighted by Crippen LogP contribution is 2.26. The van der Waals surface area contributed by atoms with Crippen molar-refractivity contribution in [2.45, 2.75) is 104 Å². The molecule has 3 amide bonds. The molecule has 94 heavy (non-hydrogen) atoms. The molecule has 27 heteroatoms. The van der Waals surface area contributed by atoms with Crippen LogP contribution in [0.3, 0.4) is 0 Å². The van der Waals surface area contributed by atoms with Gasteiger partial charge in [-0.2, -0.15) is 0 Å². The van der Waals surface area contributed by atoms with E-state index in [4.69, 9.17) is 19.0 Å². The minimum atomic E-state index is -3.77. The summed E-state index contributed by atoms with van der Waals surface area (Å²) in [6, 6.07) is 26.1. The van der Waals surface area contributed by atoms with Crippen LogP contribution in [-0.4, -0.2) is 152 Å². The minimum absolute atomic E-state index is 0.0275. The van der Waals surface area contributed by atoms with Gasteiger partial charge in [0.15, 0.2) is 5.78 Å². The van der Waals surface area contributed by atoms with Crippen molar-refractivity contribution >= 4 is 60.8 Å². The summed E-state index contributed by atoms with van der Waals surface area (Å²) < 4.78 is 124. The number of hydrogen-bond acceptors (Lipinski definition) is 16. The highest BCUT2D eigenvalue weighted by molar-refractivity contribution is 7.92. The number of halogens is 4. The van der Waals surface area contributed by atoms with Crippen LogP contribution in [0.25, 0.3) is 0 Å². The zero-order valence-electron chi connectivity index (χ0n) is 54.8. The number of ether oxygens (including phenoxy) is 3. The number of amides is 3. The number of Topliss-reactive ketones (excluding diaryl/α,β-unsaturated/α-hetero) is 1. The lowest BCUT2D eigenvalue weighted by Crippen LogP contribution is -2.51. The molecule has 510 valence electrons. The summed E-state index contributed by atoms with van der Waals surface area (Å²) >= 11 is 0. The Kier molecular flexibility index (Phi) is 27.5. The summed E-state index contributed by atoms with van der Waals surface area (Å²) in [5.41, 5.74) is 2.07. The maximum absolute atomic E-state index is 14.2. The Balaban J connectivity index is 0.000000341. The summed E-state index contributed by atoms with van der Waals surface area (Å²) in [5.74, 6) is -3.81. The molecule has 0 bridgehead atoms. The Labute approximate surface area is 547 Å². The number of carbonyl (C=O) groups is 4. The van der Waals surface area contributed by atoms with Crippen molar-refractivity contribution in [1.29, 1.82) is 0 Å². The smallest absolute Gasteiger partial charge is 0.410 e. The topological polar surface area (TPSA) is 272 Å². The van der Waals surface area contributed by atoms with Crippen molar-refractivity contribution in [2.75, 3.05) is 69.1 Å². The maximum atomic E-state index is 14.2. The van der Waals surface area contributed by atoms with Gasteiger partial charge in [0.2, 0.25) is 20.0 Å². The van der Waals surface area contributed by atoms with Crippen LogP contribution in [0.1, 0.15) is 107 Å². The maximum Gasteiger partial charge on any atom is 0.410 e. The van der Waals surface area contributed by atoms with Crippen molar-refractivity contribution in [3.8, 4) is 11.5 Å². The van der Waals surface area contributed by atoms with E-state index in [0.29, 0.717) is 47.6 Å². The quantitative estimate of drug-likeness (QED) is 0.0127. The second kappa shape index (κ2) is 34.0. The fourth-order valence-electron chi connectivity index (χ4n) is 9.18. The Morgan fingerprint density at radius 3 is 1.48 bits per heavy atom. The van der Waals surface area contributed by atoms with Crippen LogP contribution in [0.5, 0.6) is 11.5 Å². The number of ketones is 1. The molecule has 6 aromatic carbocycles. The highest BCUT2D eigenvalue weighted by atomic mass is 32.2. The summed E-state index contributed by atoms with van der Waals surface area (Å²) in [6.07, 6.45) is -1.85. The standard InChI is InChI=1S/C34H41F2N3O8S.C33H42F2N4O6S/c1-21(40)24-15-25(17-28(16-24)38(5)48(7,44)45)32(42)37-30(14-23-11-26(35)18-27(36)12-23)31(41)20-39(33(43)47-34(2,3)4)19-22-9-8-10-29(13-22)46-6;1-21(2)20-45-38-22(3)25-14-26(16-29(15-25)39(4)46(6,42)43)33(41)37-31(13-24-10-27(34)17-28(35)11-24)32(40)19-36-18-23-8-7-9-30(12-23)44-5/h8-13,15-18,30-31,41H,14,19-20H2,1-7H3,(H,37,42);7-12,14-17,21,31-32,36,40H,13,18-20H2,1-6H3,(H,37,41)/b;38-22+/t30-,31+;31-,32+/m00/s1. The molecule has 4 atom stereocenters. The van der Waals surface area contributed by atoms with Gasteiger partial charge in [-0.3, -0.25) is 23.0 Å². The summed E-state index contributed by atoms with van der Waals surface area (Å²) in [7, 11) is -1.79. The minimum Gasteiger partial charge on any atom is -0.497 e. The number of aliphatic hydroxyl groups is 2. The first-order valence-electron chi connectivity index (χ1n) is 29.6. The fourth-order valence-corrected chi connectivity index (χ4v) is 10.2. The first kappa shape index (κ1) is 76.1. The molecule has 0 saturated heterocycles. The number of rotatable bonds is 29. The number of aliphatic hydroxyl groups excluding tert-OH is 2. The molecule has 6 rings (SSSR count). The average molecular weight is 1350 g/mol. The van der Waals surface area contributed by atoms with Gasteiger partial charge >= 0.3 is 6.09 Å². The Morgan fingerprint density at radius 2 is 1.03 bits per heavy atom. The molecule has 21 nitrogen and oxygen atoms in total. The molecule has 6 aromatic rings. The molecule has 0 aliphatic rings. The van der Waals surface area contributed by atoms with Crippen molar-refractivity contribution in [1.82, 2.24) is 20.9 Å². The van der Waals surface area contributed by atoms with Gasteiger partial charge in [-0.1, -0.05) is 43.3 Å². The lowest BCUT2D eigenvalue weighted by Gasteiger charge is -2.32. The van der Waals surface area contributed by atoms with E-state index in [-0.39, 0.29) is 77.6 Å². The molecular weight excluding hydrogens is 1270 g/mol. The van der Waals surface area contributed by atoms with Crippen LogP contribution in [0.15, 0.2) is 126 Å². The van der Waals surface area contributed by atoms with Gasteiger partial charge in [0.1, 0.15) is 47.0 Å². The number of carbonyl (C=O) groups excluding carboxylic acids is 4. The number of hydrogen-bond donors (Lipinski definition) is 5. The molecule has 0 aliphatic heterocycles. The zero-order chi connectivity index (χ0) is 70.0. The zero-order valence-corrected chi connectivity index (χ0v) is 56.4. The van der Waals surface area contributed by atoms with E-state index in [9.17, 15) is 63.8 Å². The van der Waals surface area contributed by atoms with E-state index in [1.165, 1.54) is 63.4 Å². The van der Waals surface area contributed by atoms with Crippen molar-refractivity contribution in [3.05, 3.63) is 189 Å². The van der Waals surface area contributed by atoms with E-state index >= 15 is 0 Å². The number of nitrogens with one attached hydrogen (secondary N) is 3. The predicted octanol–water partition coefficient (Wildman–Crippen LogP) is 8.97. The molecule has 0 aromatic heterocycles. The van der Waals surface area contributed by atoms with Crippen LogP contribution in [0, 0.1) is 29.2 Å². The van der Waals surface area contributed by atoms with Gasteiger partial charge in [0.05, 0.1) is 74.7 Å². The largest absolute Gasteiger partial charge is 0.497 e. The third-order valence-electron chi connectivity index (χ3n) is 14.2. The van der Waals surface area contributed by atoms with Crippen molar-refractivity contribution < 1.29 is 82.8 Å². The van der Waals surface area contributed by atoms with E-state index in [0.717, 1.165) is 57.0 Å². The van der Waals surface area contributed by atoms with Gasteiger partial charge in [-0.15, -0.1) is 0 Å². The first-order valence-corrected chi connectivity index (χ1v) is 33.3. The van der Waals surface area contributed by atoms with E-state index < -0.39 is 96.9 Å². The molecule has 0 heterocycles. The summed E-state index contributed by atoms with van der Waals surface area (Å²) in [5, 5.41) is 35.5. The lowest BCUT2D eigenvalue weighted by atomic mass is 9.99. The number of oxime groups is 1. The SMILES string of the molecule is COc1cccc(CN(C[C@@H](O)[C@H](Cc2cc(F)cc(F)c2)NC(=O)c2cc(C(C)=O)cc(N(C)S(C)(=O)=O)c2)C(=O)OC(C)(C)C)c1.COc1cccc(CNC[C@@H](O)[C@H](Cc2cc(F)cc(F)c2)NC(=O)c2cc(/C(C)=N/OCC(C)C)cc(N(C)S(C)(=O)=O)c2)c1. The van der Waals surface area contributed by atoms with Crippen LogP contribution in [0.4, 0.5) is 33.7 Å². The normalized spacial score (nSPS) is 13.1. The predicted molar refractivity (Wildman–Crippen MR) is 351 cm³/mol. The highest BCUT2D eigenvalue weighted by Gasteiger charge is 2.31. The number of benzene rings is 6. The van der Waals surface area contributed by atoms with E-state index in [1.54, 1.807) is 65.1 Å². The Bertz CT molecular complexity index is 3850. The first-order chi connectivity index (χ1) is 43.9. The van der Waals surface area contributed by atoms with Gasteiger partial charge < -0.3 is 50.1 Å². The second-order valence-electron chi connectivity index (χ2n) is 23.9. The molecule has 0 unspecified atom stereocenters.